The maximum absolute atomic E-state index is 4.15. The van der Waals surface area contributed by atoms with Gasteiger partial charge in [-0.15, -0.1) is 23.5 Å². The summed E-state index contributed by atoms with van der Waals surface area (Å²) in [7, 11) is 0. The van der Waals surface area contributed by atoms with Crippen molar-refractivity contribution in [3.63, 3.8) is 0 Å². The Bertz CT molecular complexity index is 353. The normalized spacial score (nSPS) is 27.6. The number of aromatic nitrogens is 2. The van der Waals surface area contributed by atoms with Gasteiger partial charge in [0.05, 0.1) is 10.4 Å². The van der Waals surface area contributed by atoms with E-state index in [2.05, 4.69) is 53.1 Å². The van der Waals surface area contributed by atoms with Gasteiger partial charge < -0.3 is 4.57 Å². The van der Waals surface area contributed by atoms with Gasteiger partial charge in [0.25, 0.3) is 0 Å². The van der Waals surface area contributed by atoms with E-state index in [-0.39, 0.29) is 0 Å². The molecule has 0 bridgehead atoms. The van der Waals surface area contributed by atoms with Crippen LogP contribution in [0.1, 0.15) is 52.4 Å². The largest absolute Gasteiger partial charge is 0.337 e. The molecule has 1 aromatic heterocycles. The monoisotopic (exact) mass is 298 g/mol. The number of hydrogen-bond donors (Lipinski definition) is 0. The van der Waals surface area contributed by atoms with E-state index >= 15 is 0 Å². The Morgan fingerprint density at radius 2 is 2.26 bits per heavy atom. The molecule has 0 saturated carbocycles. The molecule has 1 aromatic rings. The molecule has 0 amide bonds. The molecule has 2 unspecified atom stereocenters. The molecule has 2 heterocycles. The molecule has 4 heteroatoms. The fraction of sp³-hybridized carbons (Fsp3) is 0.800. The predicted octanol–water partition coefficient (Wildman–Crippen LogP) is 4.81. The number of aryl methyl sites for hydroxylation is 1. The van der Waals surface area contributed by atoms with Crippen molar-refractivity contribution < 1.29 is 0 Å². The molecule has 1 saturated heterocycles. The molecule has 19 heavy (non-hydrogen) atoms. The first kappa shape index (κ1) is 15.3. The summed E-state index contributed by atoms with van der Waals surface area (Å²) in [5, 5.41) is 0.876. The average molecular weight is 299 g/mol. The molecule has 1 aliphatic heterocycles. The first-order valence-corrected chi connectivity index (χ1v) is 9.42. The lowest BCUT2D eigenvalue weighted by Gasteiger charge is -2.40. The Morgan fingerprint density at radius 3 is 2.95 bits per heavy atom. The summed E-state index contributed by atoms with van der Waals surface area (Å²) in [6.07, 6.45) is 13.9. The van der Waals surface area contributed by atoms with Crippen molar-refractivity contribution in [3.05, 3.63) is 18.7 Å². The van der Waals surface area contributed by atoms with E-state index in [9.17, 15) is 0 Å². The van der Waals surface area contributed by atoms with Crippen LogP contribution in [0.2, 0.25) is 0 Å². The summed E-state index contributed by atoms with van der Waals surface area (Å²) in [6, 6.07) is 0. The van der Waals surface area contributed by atoms with Gasteiger partial charge in [0, 0.05) is 24.2 Å². The highest BCUT2D eigenvalue weighted by Gasteiger charge is 2.36. The van der Waals surface area contributed by atoms with Gasteiger partial charge in [-0.1, -0.05) is 26.7 Å². The zero-order chi connectivity index (χ0) is 13.6. The molecule has 2 nitrogen and oxygen atoms in total. The van der Waals surface area contributed by atoms with E-state index in [1.165, 1.54) is 44.3 Å². The van der Waals surface area contributed by atoms with Crippen molar-refractivity contribution in [2.24, 2.45) is 0 Å². The molecule has 1 fully saturated rings. The van der Waals surface area contributed by atoms with Crippen LogP contribution in [-0.4, -0.2) is 24.6 Å². The van der Waals surface area contributed by atoms with Gasteiger partial charge in [-0.3, -0.25) is 0 Å². The van der Waals surface area contributed by atoms with Crippen LogP contribution in [0.4, 0.5) is 0 Å². The maximum atomic E-state index is 4.15. The third kappa shape index (κ3) is 4.45. The summed E-state index contributed by atoms with van der Waals surface area (Å²) in [5.74, 6) is 1.35. The highest BCUT2D eigenvalue weighted by molar-refractivity contribution is 8.19. The van der Waals surface area contributed by atoms with Crippen molar-refractivity contribution in [2.45, 2.75) is 68.2 Å². The topological polar surface area (TPSA) is 17.8 Å². The second kappa shape index (κ2) is 7.63. The van der Waals surface area contributed by atoms with Gasteiger partial charge in [-0.05, 0) is 31.4 Å². The number of imidazole rings is 1. The van der Waals surface area contributed by atoms with E-state index in [1.807, 2.05) is 12.5 Å². The number of unbranched alkanes of at least 4 members (excludes halogenated alkanes) is 1. The van der Waals surface area contributed by atoms with Crippen molar-refractivity contribution in [1.29, 1.82) is 0 Å². The molecule has 2 atom stereocenters. The van der Waals surface area contributed by atoms with Crippen LogP contribution >= 0.6 is 23.5 Å². The van der Waals surface area contributed by atoms with Gasteiger partial charge in [-0.2, -0.15) is 0 Å². The second-order valence-electron chi connectivity index (χ2n) is 5.35. The van der Waals surface area contributed by atoms with E-state index < -0.39 is 0 Å². The van der Waals surface area contributed by atoms with Gasteiger partial charge in [-0.25, -0.2) is 4.98 Å². The van der Waals surface area contributed by atoms with Gasteiger partial charge in [0.2, 0.25) is 0 Å². The average Bonchev–Trinajstić information content (AvgIpc) is 2.97. The molecule has 2 rings (SSSR count). The van der Waals surface area contributed by atoms with E-state index in [4.69, 9.17) is 0 Å². The number of nitrogens with zero attached hydrogens (tertiary/aromatic N) is 2. The highest BCUT2D eigenvalue weighted by Crippen LogP contribution is 2.52. The van der Waals surface area contributed by atoms with E-state index in [0.29, 0.717) is 4.08 Å². The minimum Gasteiger partial charge on any atom is -0.337 e. The summed E-state index contributed by atoms with van der Waals surface area (Å²) < 4.78 is 2.68. The molecule has 0 aliphatic carbocycles. The van der Waals surface area contributed by atoms with Crippen LogP contribution in [0.25, 0.3) is 0 Å². The minimum absolute atomic E-state index is 0.458. The minimum atomic E-state index is 0.458. The fourth-order valence-corrected chi connectivity index (χ4v) is 6.47. The molecular weight excluding hydrogens is 272 g/mol. The lowest BCUT2D eigenvalue weighted by atomic mass is 10.1. The number of hydrogen-bond acceptors (Lipinski definition) is 3. The van der Waals surface area contributed by atoms with Crippen LogP contribution in [0.3, 0.4) is 0 Å². The lowest BCUT2D eigenvalue weighted by Crippen LogP contribution is -2.30. The van der Waals surface area contributed by atoms with Crippen LogP contribution < -0.4 is 0 Å². The summed E-state index contributed by atoms with van der Waals surface area (Å²) in [5.41, 5.74) is 0. The molecule has 108 valence electrons. The second-order valence-corrected chi connectivity index (χ2v) is 8.77. The third-order valence-corrected chi connectivity index (χ3v) is 7.62. The molecule has 0 radical (unpaired) electrons. The Kier molecular flexibility index (Phi) is 6.14. The summed E-state index contributed by atoms with van der Waals surface area (Å²) in [6.45, 7) is 5.76. The van der Waals surface area contributed by atoms with E-state index in [0.717, 1.165) is 11.8 Å². The lowest BCUT2D eigenvalue weighted by molar-refractivity contribution is 0.546. The van der Waals surface area contributed by atoms with Crippen LogP contribution in [0, 0.1) is 0 Å². The zero-order valence-electron chi connectivity index (χ0n) is 12.2. The van der Waals surface area contributed by atoms with Gasteiger partial charge in [0.1, 0.15) is 0 Å². The Labute approximate surface area is 126 Å². The Morgan fingerprint density at radius 1 is 1.37 bits per heavy atom. The van der Waals surface area contributed by atoms with Crippen LogP contribution in [0.5, 0.6) is 0 Å². The Balaban J connectivity index is 1.96. The maximum Gasteiger partial charge on any atom is 0.0945 e. The predicted molar refractivity (Wildman–Crippen MR) is 87.8 cm³/mol. The highest BCUT2D eigenvalue weighted by atomic mass is 32.2. The van der Waals surface area contributed by atoms with Crippen molar-refractivity contribution >= 4 is 23.5 Å². The molecule has 0 spiro atoms. The van der Waals surface area contributed by atoms with E-state index in [1.54, 1.807) is 0 Å². The zero-order valence-corrected chi connectivity index (χ0v) is 13.8. The molecule has 1 aliphatic rings. The number of rotatable bonds is 7. The standard InChI is InChI=1S/C15H26N2S2/c1-3-5-7-15(8-10-17-11-9-16-13-17)18-12-6-14(4-2)19-15/h9,11,13-14H,3-8,10,12H2,1-2H3. The van der Waals surface area contributed by atoms with Crippen LogP contribution in [-0.2, 0) is 6.54 Å². The molecule has 0 N–H and O–H groups in total. The summed E-state index contributed by atoms with van der Waals surface area (Å²) >= 11 is 4.49. The smallest absolute Gasteiger partial charge is 0.0945 e. The molecular formula is C15H26N2S2. The van der Waals surface area contributed by atoms with Crippen molar-refractivity contribution in [1.82, 2.24) is 9.55 Å². The van der Waals surface area contributed by atoms with Gasteiger partial charge in [0.15, 0.2) is 0 Å². The van der Waals surface area contributed by atoms with Crippen molar-refractivity contribution in [2.75, 3.05) is 5.75 Å². The Hall–Kier alpha value is -0.0900. The quantitative estimate of drug-likeness (QED) is 0.719. The SMILES string of the molecule is CCCCC1(CCn2ccnc2)SCCC(CC)S1. The first-order chi connectivity index (χ1) is 9.28. The fourth-order valence-electron chi connectivity index (χ4n) is 2.61. The first-order valence-electron chi connectivity index (χ1n) is 7.55. The molecule has 0 aromatic carbocycles. The third-order valence-electron chi connectivity index (χ3n) is 3.86. The summed E-state index contributed by atoms with van der Waals surface area (Å²) in [4.78, 5) is 4.15. The van der Waals surface area contributed by atoms with Crippen molar-refractivity contribution in [3.8, 4) is 0 Å². The van der Waals surface area contributed by atoms with Crippen LogP contribution in [0.15, 0.2) is 18.7 Å². The van der Waals surface area contributed by atoms with Gasteiger partial charge >= 0.3 is 0 Å². The number of thioether (sulfide) groups is 2.